The average molecular weight is 599 g/mol. The highest BCUT2D eigenvalue weighted by Gasteiger charge is 2.47. The standard InChI is InChI=1S/C33H43ClN2O4S/c1-3-26-8-4-5-15-32(2,38)27-12-9-24(27)19-36-20-33(16-6-7-22-17-25(34)11-13-28(22)33)21-40-30-14-10-23(18-29(30)36)31(37)35-41(26)39/h10-11,13-14,17-18,24,26-27,38H,3-9,12,15-16,19-21H2,1-2H3,(H,35,37)/t24?,26?,27?,32-,33-,41?/m0/s1. The molecule has 4 unspecified atom stereocenters. The van der Waals surface area contributed by atoms with Crippen LogP contribution in [0.25, 0.3) is 0 Å². The summed E-state index contributed by atoms with van der Waals surface area (Å²) in [4.78, 5) is 15.8. The highest BCUT2D eigenvalue weighted by atomic mass is 35.5. The van der Waals surface area contributed by atoms with Crippen LogP contribution in [0.5, 0.6) is 5.75 Å². The van der Waals surface area contributed by atoms with Crippen molar-refractivity contribution in [3.8, 4) is 5.75 Å². The van der Waals surface area contributed by atoms with Gasteiger partial charge in [0.05, 0.1) is 23.1 Å². The first-order valence-corrected chi connectivity index (χ1v) is 17.0. The lowest BCUT2D eigenvalue weighted by Gasteiger charge is -2.49. The van der Waals surface area contributed by atoms with E-state index in [1.807, 2.05) is 32.0 Å². The number of aryl methyl sites for hydroxylation is 1. The summed E-state index contributed by atoms with van der Waals surface area (Å²) in [6.45, 7) is 6.17. The van der Waals surface area contributed by atoms with E-state index < -0.39 is 16.6 Å². The molecule has 2 bridgehead atoms. The molecule has 0 saturated heterocycles. The number of anilines is 1. The van der Waals surface area contributed by atoms with Gasteiger partial charge in [0.1, 0.15) is 16.7 Å². The summed E-state index contributed by atoms with van der Waals surface area (Å²) in [5, 5.41) is 12.3. The first-order valence-electron chi connectivity index (χ1n) is 15.4. The van der Waals surface area contributed by atoms with E-state index in [-0.39, 0.29) is 22.5 Å². The highest BCUT2D eigenvalue weighted by molar-refractivity contribution is 7.84. The number of hydrogen-bond donors (Lipinski definition) is 2. The minimum absolute atomic E-state index is 0.103. The fourth-order valence-corrected chi connectivity index (χ4v) is 9.23. The number of rotatable bonds is 1. The summed E-state index contributed by atoms with van der Waals surface area (Å²) in [7, 11) is -1.47. The van der Waals surface area contributed by atoms with Crippen LogP contribution in [0.3, 0.4) is 0 Å². The maximum absolute atomic E-state index is 13.3. The summed E-state index contributed by atoms with van der Waals surface area (Å²) in [5.41, 5.74) is 3.09. The van der Waals surface area contributed by atoms with Crippen LogP contribution in [0.2, 0.25) is 5.02 Å². The van der Waals surface area contributed by atoms with E-state index in [1.165, 1.54) is 11.1 Å². The third-order valence-electron chi connectivity index (χ3n) is 10.4. The zero-order chi connectivity index (χ0) is 28.8. The molecule has 2 aromatic carbocycles. The molecular formula is C33H43ClN2O4S. The van der Waals surface area contributed by atoms with Gasteiger partial charge in [0.25, 0.3) is 5.91 Å². The number of carbonyl (C=O) groups excluding carboxylic acids is 1. The Morgan fingerprint density at radius 2 is 1.98 bits per heavy atom. The number of nitrogens with one attached hydrogen (secondary N) is 1. The van der Waals surface area contributed by atoms with E-state index in [9.17, 15) is 14.1 Å². The number of amides is 1. The number of ether oxygens (including phenoxy) is 1. The Morgan fingerprint density at radius 3 is 2.76 bits per heavy atom. The lowest BCUT2D eigenvalue weighted by Crippen LogP contribution is -2.52. The Bertz CT molecular complexity index is 1330. The zero-order valence-corrected chi connectivity index (χ0v) is 25.9. The second-order valence-electron chi connectivity index (χ2n) is 13.1. The lowest BCUT2D eigenvalue weighted by molar-refractivity contribution is -0.0743. The molecule has 1 amide bonds. The van der Waals surface area contributed by atoms with E-state index in [4.69, 9.17) is 16.3 Å². The molecule has 2 N–H and O–H groups in total. The second kappa shape index (κ2) is 11.5. The molecule has 8 heteroatoms. The summed E-state index contributed by atoms with van der Waals surface area (Å²) in [6, 6.07) is 11.9. The van der Waals surface area contributed by atoms with Crippen molar-refractivity contribution in [1.29, 1.82) is 0 Å². The van der Waals surface area contributed by atoms with E-state index in [1.54, 1.807) is 6.07 Å². The SMILES string of the molecule is CCC1CCCC[C@](C)(O)C2CCC2CN2C[C@@]3(CCCc4cc(Cl)ccc43)COc3ccc(cc32)C(=O)NS1=O. The molecule has 2 aliphatic carbocycles. The number of halogens is 1. The van der Waals surface area contributed by atoms with Crippen molar-refractivity contribution in [3.63, 3.8) is 0 Å². The largest absolute Gasteiger partial charge is 0.490 e. The molecule has 1 fully saturated rings. The average Bonchev–Trinajstić information content (AvgIpc) is 3.07. The molecule has 2 heterocycles. The van der Waals surface area contributed by atoms with Gasteiger partial charge in [-0.05, 0) is 112 Å². The summed E-state index contributed by atoms with van der Waals surface area (Å²) in [6.07, 6.45) is 9.24. The number of hydrogen-bond acceptors (Lipinski definition) is 5. The first-order chi connectivity index (χ1) is 19.7. The Balaban J connectivity index is 1.40. The molecule has 2 aliphatic heterocycles. The van der Waals surface area contributed by atoms with Crippen LogP contribution in [0.15, 0.2) is 36.4 Å². The topological polar surface area (TPSA) is 78.9 Å². The molecule has 2 aromatic rings. The van der Waals surface area contributed by atoms with Gasteiger partial charge >= 0.3 is 0 Å². The van der Waals surface area contributed by atoms with Crippen LogP contribution in [0.4, 0.5) is 5.69 Å². The first kappa shape index (κ1) is 29.0. The fraction of sp³-hybridized carbons (Fsp3) is 0.606. The number of carbonyl (C=O) groups is 1. The molecule has 1 saturated carbocycles. The Labute approximate surface area is 251 Å². The fourth-order valence-electron chi connectivity index (χ4n) is 7.88. The smallest absolute Gasteiger partial charge is 0.263 e. The molecule has 41 heavy (non-hydrogen) atoms. The summed E-state index contributed by atoms with van der Waals surface area (Å²) in [5.74, 6) is 1.06. The second-order valence-corrected chi connectivity index (χ2v) is 15.0. The van der Waals surface area contributed by atoms with Crippen LogP contribution in [-0.4, -0.2) is 45.8 Å². The van der Waals surface area contributed by atoms with Gasteiger partial charge in [0.2, 0.25) is 0 Å². The van der Waals surface area contributed by atoms with Crippen LogP contribution in [0, 0.1) is 11.8 Å². The minimum atomic E-state index is -1.47. The van der Waals surface area contributed by atoms with Crippen molar-refractivity contribution in [2.45, 2.75) is 94.3 Å². The summed E-state index contributed by atoms with van der Waals surface area (Å²) < 4.78 is 22.5. The molecule has 0 aromatic heterocycles. The van der Waals surface area contributed by atoms with E-state index in [2.05, 4.69) is 21.8 Å². The van der Waals surface area contributed by atoms with Crippen molar-refractivity contribution in [1.82, 2.24) is 4.72 Å². The molecular weight excluding hydrogens is 556 g/mol. The van der Waals surface area contributed by atoms with Crippen molar-refractivity contribution < 1.29 is 18.8 Å². The van der Waals surface area contributed by atoms with Gasteiger partial charge in [-0.15, -0.1) is 0 Å². The van der Waals surface area contributed by atoms with Gasteiger partial charge < -0.3 is 14.7 Å². The van der Waals surface area contributed by atoms with Crippen LogP contribution in [-0.2, 0) is 22.8 Å². The van der Waals surface area contributed by atoms with E-state index >= 15 is 0 Å². The lowest BCUT2D eigenvalue weighted by atomic mass is 9.63. The number of nitrogens with zero attached hydrogens (tertiary/aromatic N) is 1. The Morgan fingerprint density at radius 1 is 1.12 bits per heavy atom. The normalized spacial score (nSPS) is 34.0. The molecule has 222 valence electrons. The third-order valence-corrected chi connectivity index (χ3v) is 12.2. The van der Waals surface area contributed by atoms with Crippen LogP contribution in [0.1, 0.15) is 93.1 Å². The molecule has 6 atom stereocenters. The van der Waals surface area contributed by atoms with Crippen LogP contribution < -0.4 is 14.4 Å². The number of aliphatic hydroxyl groups is 1. The molecule has 6 nitrogen and oxygen atoms in total. The minimum Gasteiger partial charge on any atom is -0.490 e. The van der Waals surface area contributed by atoms with Gasteiger partial charge in [-0.25, -0.2) is 4.21 Å². The van der Waals surface area contributed by atoms with Crippen molar-refractivity contribution in [2.24, 2.45) is 11.8 Å². The Kier molecular flexibility index (Phi) is 8.16. The molecule has 0 radical (unpaired) electrons. The van der Waals surface area contributed by atoms with Gasteiger partial charge in [0.15, 0.2) is 0 Å². The third kappa shape index (κ3) is 5.66. The molecule has 1 spiro atoms. The maximum Gasteiger partial charge on any atom is 0.263 e. The monoisotopic (exact) mass is 598 g/mol. The maximum atomic E-state index is 13.3. The molecule has 4 aliphatic rings. The predicted octanol–water partition coefficient (Wildman–Crippen LogP) is 6.34. The predicted molar refractivity (Wildman–Crippen MR) is 165 cm³/mol. The van der Waals surface area contributed by atoms with E-state index in [0.29, 0.717) is 18.1 Å². The molecule has 6 rings (SSSR count). The Hall–Kier alpha value is -2.09. The summed E-state index contributed by atoms with van der Waals surface area (Å²) >= 11 is 6.41. The zero-order valence-electron chi connectivity index (χ0n) is 24.3. The number of fused-ring (bicyclic) bond motifs is 4. The van der Waals surface area contributed by atoms with Crippen molar-refractivity contribution in [3.05, 3.63) is 58.1 Å². The van der Waals surface area contributed by atoms with Gasteiger partial charge in [-0.1, -0.05) is 37.4 Å². The highest BCUT2D eigenvalue weighted by Crippen LogP contribution is 2.48. The van der Waals surface area contributed by atoms with Gasteiger partial charge in [0, 0.05) is 29.1 Å². The van der Waals surface area contributed by atoms with Gasteiger partial charge in [-0.3, -0.25) is 9.52 Å². The van der Waals surface area contributed by atoms with Gasteiger partial charge in [-0.2, -0.15) is 0 Å². The number of benzene rings is 2. The van der Waals surface area contributed by atoms with Crippen molar-refractivity contribution >= 4 is 34.2 Å². The quantitative estimate of drug-likeness (QED) is 0.401. The van der Waals surface area contributed by atoms with Crippen LogP contribution >= 0.6 is 11.6 Å². The van der Waals surface area contributed by atoms with E-state index in [0.717, 1.165) is 93.8 Å². The van der Waals surface area contributed by atoms with Crippen molar-refractivity contribution in [2.75, 3.05) is 24.6 Å².